The fourth-order valence-corrected chi connectivity index (χ4v) is 4.63. The monoisotopic (exact) mass is 471 g/mol. The molecule has 0 saturated carbocycles. The molecule has 7 nitrogen and oxygen atoms in total. The molecule has 0 radical (unpaired) electrons. The van der Waals surface area contributed by atoms with Crippen molar-refractivity contribution in [1.29, 1.82) is 0 Å². The van der Waals surface area contributed by atoms with Gasteiger partial charge in [0.05, 0.1) is 17.8 Å². The number of hydrogen-bond donors (Lipinski definition) is 0. The highest BCUT2D eigenvalue weighted by Gasteiger charge is 2.14. The maximum Gasteiger partial charge on any atom is 0.269 e. The van der Waals surface area contributed by atoms with Crippen molar-refractivity contribution in [2.45, 2.75) is 17.3 Å². The van der Waals surface area contributed by atoms with E-state index >= 15 is 0 Å². The van der Waals surface area contributed by atoms with Gasteiger partial charge in [-0.15, -0.1) is 0 Å². The summed E-state index contributed by atoms with van der Waals surface area (Å²) in [7, 11) is 0. The van der Waals surface area contributed by atoms with Gasteiger partial charge in [-0.2, -0.15) is 0 Å². The summed E-state index contributed by atoms with van der Waals surface area (Å²) in [4.78, 5) is 23.8. The van der Waals surface area contributed by atoms with Crippen LogP contribution in [0.4, 0.5) is 10.1 Å². The Morgan fingerprint density at radius 1 is 0.912 bits per heavy atom. The molecule has 5 rings (SSSR count). The molecule has 0 saturated heterocycles. The molecule has 0 atom stereocenters. The minimum absolute atomic E-state index is 0.0626. The van der Waals surface area contributed by atoms with Crippen molar-refractivity contribution in [3.63, 3.8) is 0 Å². The minimum atomic E-state index is -0.415. The molecule has 0 aliphatic carbocycles. The average Bonchev–Trinajstić information content (AvgIpc) is 3.27. The largest absolute Gasteiger partial charge is 0.311 e. The van der Waals surface area contributed by atoms with Gasteiger partial charge < -0.3 is 4.57 Å². The van der Waals surface area contributed by atoms with Gasteiger partial charge in [-0.1, -0.05) is 66.4 Å². The van der Waals surface area contributed by atoms with Gasteiger partial charge in [-0.25, -0.2) is 19.3 Å². The van der Waals surface area contributed by atoms with Crippen LogP contribution in [0.15, 0.2) is 90.5 Å². The van der Waals surface area contributed by atoms with Crippen LogP contribution >= 0.6 is 11.8 Å². The van der Waals surface area contributed by atoms with Crippen molar-refractivity contribution in [2.24, 2.45) is 0 Å². The smallest absolute Gasteiger partial charge is 0.269 e. The standard InChI is InChI=1S/C25H18FN5O2S/c26-22-8-4-3-7-21(22)20-6-2-1-5-18(20)13-30-16-29-23-24(30)27-15-28-25(23)34-14-17-9-11-19(12-10-17)31(32)33/h1-12,15-16H,13-14H2. The molecule has 2 heterocycles. The van der Waals surface area contributed by atoms with Gasteiger partial charge in [0, 0.05) is 23.4 Å². The van der Waals surface area contributed by atoms with Crippen LogP contribution in [0.5, 0.6) is 0 Å². The first-order valence-electron chi connectivity index (χ1n) is 10.4. The second kappa shape index (κ2) is 9.40. The first-order chi connectivity index (χ1) is 16.6. The SMILES string of the molecule is O=[N+]([O-])c1ccc(CSc2ncnc3c2ncn3Cc2ccccc2-c2ccccc2F)cc1. The van der Waals surface area contributed by atoms with Crippen LogP contribution < -0.4 is 0 Å². The summed E-state index contributed by atoms with van der Waals surface area (Å²) in [5.74, 6) is 0.324. The van der Waals surface area contributed by atoms with Gasteiger partial charge in [0.15, 0.2) is 5.65 Å². The zero-order chi connectivity index (χ0) is 23.5. The van der Waals surface area contributed by atoms with Crippen LogP contribution in [-0.2, 0) is 12.3 Å². The Bertz CT molecular complexity index is 1490. The first-order valence-corrected chi connectivity index (χ1v) is 11.4. The molecule has 9 heteroatoms. The van der Waals surface area contributed by atoms with E-state index in [4.69, 9.17) is 0 Å². The molecular formula is C25H18FN5O2S. The normalized spacial score (nSPS) is 11.1. The number of nitro groups is 1. The lowest BCUT2D eigenvalue weighted by Gasteiger charge is -2.11. The third kappa shape index (κ3) is 4.38. The number of fused-ring (bicyclic) bond motifs is 1. The number of thioether (sulfide) groups is 1. The summed E-state index contributed by atoms with van der Waals surface area (Å²) < 4.78 is 16.4. The average molecular weight is 472 g/mol. The Morgan fingerprint density at radius 2 is 1.65 bits per heavy atom. The van der Waals surface area contributed by atoms with Gasteiger partial charge in [0.1, 0.15) is 22.7 Å². The van der Waals surface area contributed by atoms with Crippen molar-refractivity contribution >= 4 is 28.6 Å². The molecule has 168 valence electrons. The zero-order valence-corrected chi connectivity index (χ0v) is 18.7. The molecule has 3 aromatic carbocycles. The number of imidazole rings is 1. The fraction of sp³-hybridized carbons (Fsp3) is 0.0800. The van der Waals surface area contributed by atoms with E-state index in [9.17, 15) is 14.5 Å². The number of rotatable bonds is 7. The van der Waals surface area contributed by atoms with E-state index in [1.165, 1.54) is 36.3 Å². The van der Waals surface area contributed by atoms with E-state index < -0.39 is 4.92 Å². The first kappa shape index (κ1) is 21.7. The van der Waals surface area contributed by atoms with E-state index in [-0.39, 0.29) is 11.5 Å². The van der Waals surface area contributed by atoms with Gasteiger partial charge in [-0.05, 0) is 22.8 Å². The van der Waals surface area contributed by atoms with Crippen molar-refractivity contribution in [3.8, 4) is 11.1 Å². The highest BCUT2D eigenvalue weighted by molar-refractivity contribution is 7.98. The van der Waals surface area contributed by atoms with Gasteiger partial charge in [0.2, 0.25) is 0 Å². The van der Waals surface area contributed by atoms with E-state index in [1.54, 1.807) is 30.6 Å². The van der Waals surface area contributed by atoms with Crippen molar-refractivity contribution < 1.29 is 9.31 Å². The molecule has 0 amide bonds. The van der Waals surface area contributed by atoms with Crippen molar-refractivity contribution in [3.05, 3.63) is 113 Å². The Hall–Kier alpha value is -4.11. The number of non-ortho nitro benzene ring substituents is 1. The molecule has 0 fully saturated rings. The third-order valence-electron chi connectivity index (χ3n) is 5.41. The predicted molar refractivity (Wildman–Crippen MR) is 129 cm³/mol. The highest BCUT2D eigenvalue weighted by atomic mass is 32.2. The van der Waals surface area contributed by atoms with Crippen LogP contribution in [0.2, 0.25) is 0 Å². The van der Waals surface area contributed by atoms with E-state index in [0.29, 0.717) is 29.0 Å². The second-order valence-electron chi connectivity index (χ2n) is 7.57. The second-order valence-corrected chi connectivity index (χ2v) is 8.54. The molecule has 0 unspecified atom stereocenters. The molecule has 2 aromatic heterocycles. The number of hydrogen-bond acceptors (Lipinski definition) is 6. The molecule has 0 spiro atoms. The number of nitro benzene ring substituents is 1. The summed E-state index contributed by atoms with van der Waals surface area (Å²) in [5, 5.41) is 11.6. The Kier molecular flexibility index (Phi) is 6.01. The van der Waals surface area contributed by atoms with Crippen LogP contribution in [0.1, 0.15) is 11.1 Å². The maximum atomic E-state index is 14.5. The van der Waals surface area contributed by atoms with E-state index in [2.05, 4.69) is 15.0 Å². The topological polar surface area (TPSA) is 86.7 Å². The number of halogens is 1. The van der Waals surface area contributed by atoms with E-state index in [0.717, 1.165) is 21.7 Å². The van der Waals surface area contributed by atoms with Gasteiger partial charge in [0.25, 0.3) is 5.69 Å². The molecule has 0 aliphatic rings. The molecule has 0 aliphatic heterocycles. The minimum Gasteiger partial charge on any atom is -0.311 e. The molecule has 34 heavy (non-hydrogen) atoms. The molecule has 5 aromatic rings. The summed E-state index contributed by atoms with van der Waals surface area (Å²) in [6.07, 6.45) is 3.22. The van der Waals surface area contributed by atoms with Gasteiger partial charge in [-0.3, -0.25) is 10.1 Å². The van der Waals surface area contributed by atoms with Crippen molar-refractivity contribution in [2.75, 3.05) is 0 Å². The zero-order valence-electron chi connectivity index (χ0n) is 17.8. The Balaban J connectivity index is 1.40. The summed E-state index contributed by atoms with van der Waals surface area (Å²) in [6, 6.07) is 20.9. The van der Waals surface area contributed by atoms with Crippen LogP contribution in [0.25, 0.3) is 22.3 Å². The number of aromatic nitrogens is 4. The lowest BCUT2D eigenvalue weighted by molar-refractivity contribution is -0.384. The molecular weight excluding hydrogens is 453 g/mol. The Morgan fingerprint density at radius 3 is 2.41 bits per heavy atom. The third-order valence-corrected chi connectivity index (χ3v) is 6.46. The maximum absolute atomic E-state index is 14.5. The van der Waals surface area contributed by atoms with Gasteiger partial charge >= 0.3 is 0 Å². The summed E-state index contributed by atoms with van der Waals surface area (Å²) >= 11 is 1.49. The molecule has 0 bridgehead atoms. The van der Waals surface area contributed by atoms with Crippen LogP contribution in [-0.4, -0.2) is 24.4 Å². The number of benzene rings is 3. The lowest BCUT2D eigenvalue weighted by Crippen LogP contribution is -2.02. The van der Waals surface area contributed by atoms with Crippen molar-refractivity contribution in [1.82, 2.24) is 19.5 Å². The Labute approximate surface area is 198 Å². The van der Waals surface area contributed by atoms with Crippen LogP contribution in [0, 0.1) is 15.9 Å². The summed E-state index contributed by atoms with van der Waals surface area (Å²) in [6.45, 7) is 0.477. The fourth-order valence-electron chi connectivity index (χ4n) is 3.73. The van der Waals surface area contributed by atoms with E-state index in [1.807, 2.05) is 34.9 Å². The highest BCUT2D eigenvalue weighted by Crippen LogP contribution is 2.30. The molecule has 0 N–H and O–H groups in total. The predicted octanol–water partition coefficient (Wildman–Crippen LogP) is 5.88. The number of nitrogens with zero attached hydrogens (tertiary/aromatic N) is 5. The lowest BCUT2D eigenvalue weighted by atomic mass is 9.99. The summed E-state index contributed by atoms with van der Waals surface area (Å²) in [5.41, 5.74) is 4.70. The van der Waals surface area contributed by atoms with Crippen LogP contribution in [0.3, 0.4) is 0 Å². The quantitative estimate of drug-likeness (QED) is 0.127.